The Morgan fingerprint density at radius 2 is 1.85 bits per heavy atom. The van der Waals surface area contributed by atoms with Crippen LogP contribution in [-0.4, -0.2) is 32.9 Å². The van der Waals surface area contributed by atoms with Gasteiger partial charge in [0.25, 0.3) is 0 Å². The molecule has 1 fully saturated rings. The van der Waals surface area contributed by atoms with Crippen LogP contribution in [0.5, 0.6) is 0 Å². The van der Waals surface area contributed by atoms with Crippen molar-refractivity contribution in [2.45, 2.75) is 43.0 Å². The van der Waals surface area contributed by atoms with Crippen LogP contribution < -0.4 is 11.1 Å². The number of rotatable bonds is 4. The molecular formula is C14H23N3O2S. The molecule has 5 nitrogen and oxygen atoms in total. The second-order valence-electron chi connectivity index (χ2n) is 5.52. The molecule has 0 amide bonds. The molecule has 0 heterocycles. The number of nitrogens with one attached hydrogen (secondary N) is 1. The molecule has 112 valence electrons. The van der Waals surface area contributed by atoms with Crippen molar-refractivity contribution in [1.82, 2.24) is 4.31 Å². The lowest BCUT2D eigenvalue weighted by Gasteiger charge is -2.24. The quantitative estimate of drug-likeness (QED) is 0.836. The Morgan fingerprint density at radius 1 is 1.20 bits per heavy atom. The first-order valence-corrected chi connectivity index (χ1v) is 8.44. The maximum Gasteiger partial charge on any atom is 0.242 e. The molecule has 2 rings (SSSR count). The molecular weight excluding hydrogens is 274 g/mol. The minimum Gasteiger partial charge on any atom is -0.397 e. The van der Waals surface area contributed by atoms with Gasteiger partial charge in [-0.3, -0.25) is 0 Å². The summed E-state index contributed by atoms with van der Waals surface area (Å²) in [4.78, 5) is 0.231. The van der Waals surface area contributed by atoms with Gasteiger partial charge in [0.1, 0.15) is 0 Å². The van der Waals surface area contributed by atoms with E-state index in [0.29, 0.717) is 11.7 Å². The zero-order chi connectivity index (χ0) is 14.8. The SMILES string of the molecule is CN(C)S(=O)(=O)c1ccc(NC2CCCCC2)c(N)c1. The predicted molar refractivity (Wildman–Crippen MR) is 82.2 cm³/mol. The number of hydrogen-bond donors (Lipinski definition) is 2. The molecule has 3 N–H and O–H groups in total. The van der Waals surface area contributed by atoms with Crippen LogP contribution in [0.15, 0.2) is 23.1 Å². The monoisotopic (exact) mass is 297 g/mol. The zero-order valence-corrected chi connectivity index (χ0v) is 12.9. The van der Waals surface area contributed by atoms with Gasteiger partial charge in [-0.15, -0.1) is 0 Å². The van der Waals surface area contributed by atoms with E-state index in [1.807, 2.05) is 0 Å². The predicted octanol–water partition coefficient (Wildman–Crippen LogP) is 2.26. The van der Waals surface area contributed by atoms with Gasteiger partial charge in [-0.25, -0.2) is 12.7 Å². The molecule has 0 unspecified atom stereocenters. The second kappa shape index (κ2) is 6.01. The van der Waals surface area contributed by atoms with Crippen molar-refractivity contribution in [3.05, 3.63) is 18.2 Å². The van der Waals surface area contributed by atoms with E-state index in [2.05, 4.69) is 5.32 Å². The molecule has 20 heavy (non-hydrogen) atoms. The highest BCUT2D eigenvalue weighted by Gasteiger charge is 2.19. The lowest BCUT2D eigenvalue weighted by atomic mass is 9.95. The summed E-state index contributed by atoms with van der Waals surface area (Å²) in [6, 6.07) is 5.35. The minimum absolute atomic E-state index is 0.231. The van der Waals surface area contributed by atoms with Gasteiger partial charge < -0.3 is 11.1 Å². The Kier molecular flexibility index (Phi) is 4.55. The number of nitrogen functional groups attached to an aromatic ring is 1. The molecule has 1 aliphatic rings. The van der Waals surface area contributed by atoms with E-state index >= 15 is 0 Å². The number of anilines is 2. The van der Waals surface area contributed by atoms with Gasteiger partial charge in [-0.05, 0) is 31.0 Å². The van der Waals surface area contributed by atoms with Crippen molar-refractivity contribution >= 4 is 21.4 Å². The molecule has 1 saturated carbocycles. The Balaban J connectivity index is 2.17. The maximum absolute atomic E-state index is 12.0. The molecule has 0 bridgehead atoms. The third-order valence-corrected chi connectivity index (χ3v) is 5.58. The molecule has 6 heteroatoms. The van der Waals surface area contributed by atoms with Crippen LogP contribution in [0.1, 0.15) is 32.1 Å². The number of sulfonamides is 1. The highest BCUT2D eigenvalue weighted by atomic mass is 32.2. The van der Waals surface area contributed by atoms with Gasteiger partial charge in [0.15, 0.2) is 0 Å². The Hall–Kier alpha value is -1.27. The first-order chi connectivity index (χ1) is 9.41. The number of nitrogens with zero attached hydrogens (tertiary/aromatic N) is 1. The number of nitrogens with two attached hydrogens (primary N) is 1. The average molecular weight is 297 g/mol. The summed E-state index contributed by atoms with van der Waals surface area (Å²) in [6.45, 7) is 0. The average Bonchev–Trinajstić information content (AvgIpc) is 2.42. The highest BCUT2D eigenvalue weighted by Crippen LogP contribution is 2.27. The zero-order valence-electron chi connectivity index (χ0n) is 12.1. The van der Waals surface area contributed by atoms with Crippen molar-refractivity contribution in [2.24, 2.45) is 0 Å². The largest absolute Gasteiger partial charge is 0.397 e. The molecule has 0 radical (unpaired) electrons. The smallest absolute Gasteiger partial charge is 0.242 e. The van der Waals surface area contributed by atoms with Crippen LogP contribution in [0, 0.1) is 0 Å². The summed E-state index contributed by atoms with van der Waals surface area (Å²) >= 11 is 0. The van der Waals surface area contributed by atoms with Crippen LogP contribution in [-0.2, 0) is 10.0 Å². The molecule has 1 aromatic carbocycles. The molecule has 1 aromatic rings. The summed E-state index contributed by atoms with van der Waals surface area (Å²) in [7, 11) is -0.396. The number of hydrogen-bond acceptors (Lipinski definition) is 4. The Bertz CT molecular complexity index is 564. The molecule has 0 spiro atoms. The molecule has 0 atom stereocenters. The molecule has 0 saturated heterocycles. The van der Waals surface area contributed by atoms with E-state index in [-0.39, 0.29) is 4.90 Å². The highest BCUT2D eigenvalue weighted by molar-refractivity contribution is 7.89. The van der Waals surface area contributed by atoms with Crippen molar-refractivity contribution in [3.8, 4) is 0 Å². The van der Waals surface area contributed by atoms with E-state index in [1.54, 1.807) is 12.1 Å². The lowest BCUT2D eigenvalue weighted by molar-refractivity contribution is 0.463. The summed E-state index contributed by atoms with van der Waals surface area (Å²) in [5.41, 5.74) is 7.30. The van der Waals surface area contributed by atoms with E-state index < -0.39 is 10.0 Å². The standard InChI is InChI=1S/C14H23N3O2S/c1-17(2)20(18,19)12-8-9-14(13(15)10-12)16-11-6-4-3-5-7-11/h8-11,16H,3-7,15H2,1-2H3. The normalized spacial score (nSPS) is 17.4. The first-order valence-electron chi connectivity index (χ1n) is 7.00. The fourth-order valence-electron chi connectivity index (χ4n) is 2.51. The van der Waals surface area contributed by atoms with Crippen LogP contribution >= 0.6 is 0 Å². The summed E-state index contributed by atoms with van der Waals surface area (Å²) < 4.78 is 25.3. The maximum atomic E-state index is 12.0. The fraction of sp³-hybridized carbons (Fsp3) is 0.571. The van der Waals surface area contributed by atoms with E-state index in [1.165, 1.54) is 43.7 Å². The first kappa shape index (κ1) is 15.1. The van der Waals surface area contributed by atoms with E-state index in [4.69, 9.17) is 5.73 Å². The van der Waals surface area contributed by atoms with Crippen LogP contribution in [0.4, 0.5) is 11.4 Å². The van der Waals surface area contributed by atoms with Gasteiger partial charge in [0.05, 0.1) is 16.3 Å². The Morgan fingerprint density at radius 3 is 2.40 bits per heavy atom. The minimum atomic E-state index is -3.42. The van der Waals surface area contributed by atoms with Crippen LogP contribution in [0.2, 0.25) is 0 Å². The Labute approximate surface area is 121 Å². The topological polar surface area (TPSA) is 75.4 Å². The van der Waals surface area contributed by atoms with Gasteiger partial charge in [-0.2, -0.15) is 0 Å². The molecule has 0 aromatic heterocycles. The van der Waals surface area contributed by atoms with Gasteiger partial charge in [0, 0.05) is 20.1 Å². The van der Waals surface area contributed by atoms with Crippen molar-refractivity contribution in [1.29, 1.82) is 0 Å². The van der Waals surface area contributed by atoms with Crippen molar-refractivity contribution < 1.29 is 8.42 Å². The van der Waals surface area contributed by atoms with Crippen LogP contribution in [0.25, 0.3) is 0 Å². The van der Waals surface area contributed by atoms with Crippen molar-refractivity contribution in [2.75, 3.05) is 25.1 Å². The second-order valence-corrected chi connectivity index (χ2v) is 7.67. The fourth-order valence-corrected chi connectivity index (χ4v) is 3.45. The third kappa shape index (κ3) is 3.24. The lowest BCUT2D eigenvalue weighted by Crippen LogP contribution is -2.24. The summed E-state index contributed by atoms with van der Waals surface area (Å²) in [5.74, 6) is 0. The molecule has 0 aliphatic heterocycles. The van der Waals surface area contributed by atoms with Crippen molar-refractivity contribution in [3.63, 3.8) is 0 Å². The van der Waals surface area contributed by atoms with Gasteiger partial charge >= 0.3 is 0 Å². The summed E-state index contributed by atoms with van der Waals surface area (Å²) in [5, 5.41) is 3.42. The third-order valence-electron chi connectivity index (χ3n) is 3.77. The van der Waals surface area contributed by atoms with Crippen LogP contribution in [0.3, 0.4) is 0 Å². The summed E-state index contributed by atoms with van der Waals surface area (Å²) in [6.07, 6.45) is 6.08. The molecule has 1 aliphatic carbocycles. The van der Waals surface area contributed by atoms with E-state index in [0.717, 1.165) is 18.5 Å². The van der Waals surface area contributed by atoms with Gasteiger partial charge in [-0.1, -0.05) is 19.3 Å². The van der Waals surface area contributed by atoms with Gasteiger partial charge in [0.2, 0.25) is 10.0 Å². The van der Waals surface area contributed by atoms with E-state index in [9.17, 15) is 8.42 Å². The number of benzene rings is 1.